The van der Waals surface area contributed by atoms with E-state index in [1.165, 1.54) is 13.3 Å². The van der Waals surface area contributed by atoms with Gasteiger partial charge in [0.1, 0.15) is 23.0 Å². The summed E-state index contributed by atoms with van der Waals surface area (Å²) in [5.41, 5.74) is 7.63. The first-order valence-corrected chi connectivity index (χ1v) is 9.69. The number of rotatable bonds is 7. The number of hydrogen-bond acceptors (Lipinski definition) is 9. The number of pyridine rings is 1. The molecule has 0 bridgehead atoms. The molecule has 0 aliphatic rings. The maximum absolute atomic E-state index is 12.0. The Hall–Kier alpha value is -4.47. The van der Waals surface area contributed by atoms with Gasteiger partial charge < -0.3 is 25.5 Å². The molecule has 0 atom stereocenters. The van der Waals surface area contributed by atoms with E-state index in [-0.39, 0.29) is 17.3 Å². The Morgan fingerprint density at radius 1 is 1.06 bits per heavy atom. The van der Waals surface area contributed by atoms with Gasteiger partial charge in [0.05, 0.1) is 24.1 Å². The summed E-state index contributed by atoms with van der Waals surface area (Å²) in [6, 6.07) is 10.8. The number of anilines is 4. The van der Waals surface area contributed by atoms with Crippen LogP contribution in [-0.4, -0.2) is 33.0 Å². The third kappa shape index (κ3) is 4.19. The zero-order chi connectivity index (χ0) is 22.7. The molecule has 10 nitrogen and oxygen atoms in total. The smallest absolute Gasteiger partial charge is 0.254 e. The second-order valence-electron chi connectivity index (χ2n) is 6.83. The largest absolute Gasteiger partial charge is 0.494 e. The zero-order valence-corrected chi connectivity index (χ0v) is 17.7. The lowest BCUT2D eigenvalue weighted by Gasteiger charge is -2.15. The predicted molar refractivity (Wildman–Crippen MR) is 119 cm³/mol. The van der Waals surface area contributed by atoms with Crippen LogP contribution in [-0.2, 0) is 0 Å². The number of primary amides is 1. The maximum Gasteiger partial charge on any atom is 0.254 e. The van der Waals surface area contributed by atoms with E-state index in [9.17, 15) is 4.79 Å². The second kappa shape index (κ2) is 8.72. The highest BCUT2D eigenvalue weighted by Crippen LogP contribution is 2.38. The van der Waals surface area contributed by atoms with Crippen molar-refractivity contribution < 1.29 is 13.9 Å². The summed E-state index contributed by atoms with van der Waals surface area (Å²) in [7, 11) is 1.54. The number of para-hydroxylation sites is 1. The van der Waals surface area contributed by atoms with Gasteiger partial charge in [-0.25, -0.2) is 15.0 Å². The van der Waals surface area contributed by atoms with Gasteiger partial charge >= 0.3 is 0 Å². The normalized spacial score (nSPS) is 10.6. The van der Waals surface area contributed by atoms with Gasteiger partial charge in [-0.15, -0.1) is 0 Å². The molecule has 32 heavy (non-hydrogen) atoms. The summed E-state index contributed by atoms with van der Waals surface area (Å²) in [6.45, 7) is 3.71. The summed E-state index contributed by atoms with van der Waals surface area (Å²) in [5, 5.41) is 6.11. The van der Waals surface area contributed by atoms with Crippen molar-refractivity contribution in [3.05, 3.63) is 65.8 Å². The van der Waals surface area contributed by atoms with E-state index in [2.05, 4.69) is 30.6 Å². The monoisotopic (exact) mass is 431 g/mol. The summed E-state index contributed by atoms with van der Waals surface area (Å²) >= 11 is 0. The van der Waals surface area contributed by atoms with E-state index in [1.54, 1.807) is 24.4 Å². The number of carbonyl (C=O) groups is 1. The molecule has 0 saturated heterocycles. The molecule has 162 valence electrons. The molecular formula is C22H21N7O3. The van der Waals surface area contributed by atoms with E-state index in [0.29, 0.717) is 28.7 Å². The lowest BCUT2D eigenvalue weighted by Crippen LogP contribution is -2.16. The van der Waals surface area contributed by atoms with Gasteiger partial charge in [0.2, 0.25) is 11.8 Å². The van der Waals surface area contributed by atoms with Crippen LogP contribution in [0.15, 0.2) is 53.2 Å². The lowest BCUT2D eigenvalue weighted by molar-refractivity contribution is 0.100. The summed E-state index contributed by atoms with van der Waals surface area (Å²) in [6.07, 6.45) is 2.99. The van der Waals surface area contributed by atoms with E-state index in [1.807, 2.05) is 32.0 Å². The lowest BCUT2D eigenvalue weighted by atomic mass is 10.1. The summed E-state index contributed by atoms with van der Waals surface area (Å²) in [4.78, 5) is 29.2. The van der Waals surface area contributed by atoms with E-state index in [0.717, 1.165) is 11.5 Å². The fraction of sp³-hybridized carbons (Fsp3) is 0.136. The SMILES string of the molecule is COc1c(Nc2nc(Nc3ccccn3)ncc2C(N)=O)cccc1-c1nc(C)c(C)o1. The highest BCUT2D eigenvalue weighted by atomic mass is 16.5. The van der Waals surface area contributed by atoms with Gasteiger partial charge in [-0.3, -0.25) is 4.79 Å². The van der Waals surface area contributed by atoms with Crippen LogP contribution in [0.2, 0.25) is 0 Å². The van der Waals surface area contributed by atoms with Crippen LogP contribution in [0.4, 0.5) is 23.3 Å². The van der Waals surface area contributed by atoms with Gasteiger partial charge in [-0.05, 0) is 38.1 Å². The molecule has 4 rings (SSSR count). The average molecular weight is 431 g/mol. The molecule has 10 heteroatoms. The number of oxazole rings is 1. The van der Waals surface area contributed by atoms with E-state index in [4.69, 9.17) is 14.9 Å². The Morgan fingerprint density at radius 2 is 1.91 bits per heavy atom. The first kappa shape index (κ1) is 20.8. The van der Waals surface area contributed by atoms with Crippen molar-refractivity contribution in [1.82, 2.24) is 19.9 Å². The number of amides is 1. The molecule has 1 aromatic carbocycles. The number of methoxy groups -OCH3 is 1. The third-order valence-corrected chi connectivity index (χ3v) is 4.69. The van der Waals surface area contributed by atoms with Crippen LogP contribution in [0.3, 0.4) is 0 Å². The molecule has 4 aromatic rings. The molecule has 0 saturated carbocycles. The number of aromatic nitrogens is 4. The van der Waals surface area contributed by atoms with Gasteiger partial charge in [-0.1, -0.05) is 12.1 Å². The van der Waals surface area contributed by atoms with Crippen molar-refractivity contribution in [2.45, 2.75) is 13.8 Å². The van der Waals surface area contributed by atoms with Crippen LogP contribution in [0.25, 0.3) is 11.5 Å². The Labute approximate surface area is 183 Å². The molecule has 0 aliphatic heterocycles. The Morgan fingerprint density at radius 3 is 2.56 bits per heavy atom. The molecule has 0 unspecified atom stereocenters. The summed E-state index contributed by atoms with van der Waals surface area (Å²) in [5.74, 6) is 1.95. The first-order chi connectivity index (χ1) is 15.5. The zero-order valence-electron chi connectivity index (χ0n) is 17.7. The van der Waals surface area contributed by atoms with Crippen LogP contribution in [0, 0.1) is 13.8 Å². The van der Waals surface area contributed by atoms with Gasteiger partial charge in [-0.2, -0.15) is 4.98 Å². The molecule has 0 spiro atoms. The fourth-order valence-corrected chi connectivity index (χ4v) is 3.01. The van der Waals surface area contributed by atoms with Gasteiger partial charge in [0.15, 0.2) is 5.75 Å². The molecule has 0 aliphatic carbocycles. The van der Waals surface area contributed by atoms with Crippen LogP contribution in [0.1, 0.15) is 21.8 Å². The van der Waals surface area contributed by atoms with E-state index >= 15 is 0 Å². The standard InChI is InChI=1S/C22H21N7O3/c1-12-13(2)32-21(26-12)14-7-6-8-16(18(14)31-3)27-20-15(19(23)30)11-25-22(29-20)28-17-9-4-5-10-24-17/h4-11H,1-3H3,(H2,23,30)(H2,24,25,27,28,29). The van der Waals surface area contributed by atoms with Gasteiger partial charge in [0, 0.05) is 12.4 Å². The first-order valence-electron chi connectivity index (χ1n) is 9.69. The van der Waals surface area contributed by atoms with Crippen LogP contribution < -0.4 is 21.1 Å². The minimum absolute atomic E-state index is 0.117. The second-order valence-corrected chi connectivity index (χ2v) is 6.83. The van der Waals surface area contributed by atoms with Crippen molar-refractivity contribution in [2.75, 3.05) is 17.7 Å². The molecule has 3 aromatic heterocycles. The topological polar surface area (TPSA) is 141 Å². The van der Waals surface area contributed by atoms with Gasteiger partial charge in [0.25, 0.3) is 5.91 Å². The van der Waals surface area contributed by atoms with Crippen LogP contribution in [0.5, 0.6) is 5.75 Å². The van der Waals surface area contributed by atoms with E-state index < -0.39 is 5.91 Å². The highest BCUT2D eigenvalue weighted by Gasteiger charge is 2.19. The van der Waals surface area contributed by atoms with Crippen molar-refractivity contribution in [1.29, 1.82) is 0 Å². The minimum atomic E-state index is -0.675. The Bertz CT molecular complexity index is 1250. The Balaban J connectivity index is 1.73. The quantitative estimate of drug-likeness (QED) is 0.399. The van der Waals surface area contributed by atoms with Crippen LogP contribution >= 0.6 is 0 Å². The number of aryl methyl sites for hydroxylation is 2. The van der Waals surface area contributed by atoms with Crippen molar-refractivity contribution in [3.63, 3.8) is 0 Å². The average Bonchev–Trinajstić information content (AvgIpc) is 3.12. The minimum Gasteiger partial charge on any atom is -0.494 e. The van der Waals surface area contributed by atoms with Crippen molar-refractivity contribution >= 4 is 29.2 Å². The summed E-state index contributed by atoms with van der Waals surface area (Å²) < 4.78 is 11.4. The fourth-order valence-electron chi connectivity index (χ4n) is 3.01. The number of carbonyl (C=O) groups excluding carboxylic acids is 1. The predicted octanol–water partition coefficient (Wildman–Crippen LogP) is 3.74. The molecule has 1 amide bonds. The Kier molecular flexibility index (Phi) is 5.67. The molecule has 0 radical (unpaired) electrons. The molecule has 0 fully saturated rings. The highest BCUT2D eigenvalue weighted by molar-refractivity contribution is 5.98. The van der Waals surface area contributed by atoms with Crippen molar-refractivity contribution in [3.8, 4) is 17.2 Å². The number of nitrogens with one attached hydrogen (secondary N) is 2. The maximum atomic E-state index is 12.0. The van der Waals surface area contributed by atoms with Crippen molar-refractivity contribution in [2.24, 2.45) is 5.73 Å². The number of nitrogens with zero attached hydrogens (tertiary/aromatic N) is 4. The number of nitrogens with two attached hydrogens (primary N) is 1. The molecule has 3 heterocycles. The number of ether oxygens (including phenoxy) is 1. The third-order valence-electron chi connectivity index (χ3n) is 4.69. The number of benzene rings is 1. The number of hydrogen-bond donors (Lipinski definition) is 3. The molecular weight excluding hydrogens is 410 g/mol. The molecule has 4 N–H and O–H groups in total.